The second-order valence-corrected chi connectivity index (χ2v) is 8.11. The standard InChI is InChI=1S/C13H10F2N4O3S2/c1-24(21,22)13-17-4-8(23-13)12(20)16-5-9-18-7-3-2-6(14)10(15)11(7)19-9/h2-4H,5H2,1H3,(H,16,20)(H,18,19). The quantitative estimate of drug-likeness (QED) is 0.724. The van der Waals surface area contributed by atoms with Crippen molar-refractivity contribution in [2.45, 2.75) is 10.9 Å². The zero-order valence-electron chi connectivity index (χ0n) is 12.1. The number of rotatable bonds is 4. The third kappa shape index (κ3) is 3.12. The highest BCUT2D eigenvalue weighted by atomic mass is 32.2. The van der Waals surface area contributed by atoms with Crippen LogP contribution < -0.4 is 5.32 Å². The van der Waals surface area contributed by atoms with Crippen LogP contribution in [0.4, 0.5) is 8.78 Å². The molecular weight excluding hydrogens is 362 g/mol. The van der Waals surface area contributed by atoms with E-state index in [9.17, 15) is 22.0 Å². The number of H-pyrrole nitrogens is 1. The van der Waals surface area contributed by atoms with Crippen LogP contribution in [0.3, 0.4) is 0 Å². The molecule has 0 unspecified atom stereocenters. The molecule has 24 heavy (non-hydrogen) atoms. The molecule has 0 saturated heterocycles. The number of hydrogen-bond donors (Lipinski definition) is 2. The first-order valence-electron chi connectivity index (χ1n) is 6.52. The summed E-state index contributed by atoms with van der Waals surface area (Å²) in [5.41, 5.74) is 0.145. The number of nitrogens with one attached hydrogen (secondary N) is 2. The van der Waals surface area contributed by atoms with Crippen LogP contribution in [0.1, 0.15) is 15.5 Å². The first-order valence-corrected chi connectivity index (χ1v) is 9.23. The fourth-order valence-corrected chi connectivity index (χ4v) is 3.62. The summed E-state index contributed by atoms with van der Waals surface area (Å²) in [4.78, 5) is 22.4. The number of amides is 1. The van der Waals surface area contributed by atoms with Gasteiger partial charge in [-0.2, -0.15) is 0 Å². The number of carbonyl (C=O) groups is 1. The molecule has 126 valence electrons. The normalized spacial score (nSPS) is 11.8. The number of nitrogens with zero attached hydrogens (tertiary/aromatic N) is 2. The van der Waals surface area contributed by atoms with Crippen molar-refractivity contribution in [3.8, 4) is 0 Å². The number of aromatic amines is 1. The molecular formula is C13H10F2N4O3S2. The molecule has 11 heteroatoms. The molecule has 3 aromatic rings. The van der Waals surface area contributed by atoms with Gasteiger partial charge in [-0.3, -0.25) is 4.79 Å². The van der Waals surface area contributed by atoms with Gasteiger partial charge in [0.1, 0.15) is 16.2 Å². The van der Waals surface area contributed by atoms with E-state index in [1.165, 1.54) is 6.07 Å². The molecule has 0 bridgehead atoms. The Morgan fingerprint density at radius 1 is 1.38 bits per heavy atom. The Morgan fingerprint density at radius 2 is 2.12 bits per heavy atom. The van der Waals surface area contributed by atoms with Gasteiger partial charge in [-0.15, -0.1) is 0 Å². The summed E-state index contributed by atoms with van der Waals surface area (Å²) in [6, 6.07) is 2.32. The van der Waals surface area contributed by atoms with E-state index in [-0.39, 0.29) is 27.1 Å². The van der Waals surface area contributed by atoms with Crippen molar-refractivity contribution in [3.05, 3.63) is 40.7 Å². The summed E-state index contributed by atoms with van der Waals surface area (Å²) in [6.45, 7) is -0.0688. The Morgan fingerprint density at radius 3 is 2.79 bits per heavy atom. The van der Waals surface area contributed by atoms with Gasteiger partial charge in [0.05, 0.1) is 18.3 Å². The molecule has 3 rings (SSSR count). The van der Waals surface area contributed by atoms with Crippen LogP contribution in [0.25, 0.3) is 11.0 Å². The maximum atomic E-state index is 13.6. The van der Waals surface area contributed by atoms with Gasteiger partial charge in [0.2, 0.25) is 14.2 Å². The molecule has 1 aromatic carbocycles. The topological polar surface area (TPSA) is 105 Å². The van der Waals surface area contributed by atoms with Crippen molar-refractivity contribution >= 4 is 38.1 Å². The lowest BCUT2D eigenvalue weighted by Gasteiger charge is -1.99. The van der Waals surface area contributed by atoms with E-state index >= 15 is 0 Å². The van der Waals surface area contributed by atoms with Gasteiger partial charge < -0.3 is 10.3 Å². The van der Waals surface area contributed by atoms with Crippen LogP contribution in [-0.4, -0.2) is 35.5 Å². The molecule has 0 atom stereocenters. The molecule has 2 heterocycles. The van der Waals surface area contributed by atoms with Gasteiger partial charge in [0, 0.05) is 6.26 Å². The molecule has 0 saturated carbocycles. The van der Waals surface area contributed by atoms with Crippen molar-refractivity contribution in [3.63, 3.8) is 0 Å². The fourth-order valence-electron chi connectivity index (χ4n) is 1.94. The van der Waals surface area contributed by atoms with Crippen molar-refractivity contribution in [1.29, 1.82) is 0 Å². The lowest BCUT2D eigenvalue weighted by Crippen LogP contribution is -2.22. The third-order valence-electron chi connectivity index (χ3n) is 3.04. The van der Waals surface area contributed by atoms with Crippen LogP contribution in [0.15, 0.2) is 22.7 Å². The van der Waals surface area contributed by atoms with Crippen molar-refractivity contribution in [1.82, 2.24) is 20.3 Å². The molecule has 0 fully saturated rings. The van der Waals surface area contributed by atoms with E-state index in [1.807, 2.05) is 0 Å². The lowest BCUT2D eigenvalue weighted by molar-refractivity contribution is 0.0954. The number of fused-ring (bicyclic) bond motifs is 1. The van der Waals surface area contributed by atoms with Gasteiger partial charge in [-0.1, -0.05) is 11.3 Å². The average Bonchev–Trinajstić information content (AvgIpc) is 3.15. The molecule has 0 spiro atoms. The van der Waals surface area contributed by atoms with Crippen LogP contribution in [-0.2, 0) is 16.4 Å². The highest BCUT2D eigenvalue weighted by Gasteiger charge is 2.17. The Bertz CT molecular complexity index is 1040. The van der Waals surface area contributed by atoms with E-state index in [0.717, 1.165) is 29.9 Å². The smallest absolute Gasteiger partial charge is 0.263 e. The minimum Gasteiger partial charge on any atom is -0.344 e. The third-order valence-corrected chi connectivity index (χ3v) is 5.73. The second-order valence-electron chi connectivity index (χ2n) is 4.89. The Labute approximate surface area is 138 Å². The summed E-state index contributed by atoms with van der Waals surface area (Å²) in [5, 5.41) is 2.50. The van der Waals surface area contributed by atoms with Crippen molar-refractivity contribution < 1.29 is 22.0 Å². The molecule has 2 N–H and O–H groups in total. The fraction of sp³-hybridized carbons (Fsp3) is 0.154. The van der Waals surface area contributed by atoms with Crippen LogP contribution >= 0.6 is 11.3 Å². The molecule has 1 amide bonds. The maximum absolute atomic E-state index is 13.6. The number of halogens is 2. The first-order chi connectivity index (χ1) is 11.3. The van der Waals surface area contributed by atoms with E-state index in [0.29, 0.717) is 5.52 Å². The van der Waals surface area contributed by atoms with Crippen molar-refractivity contribution in [2.24, 2.45) is 0 Å². The van der Waals surface area contributed by atoms with Gasteiger partial charge in [0.15, 0.2) is 11.6 Å². The predicted octanol–water partition coefficient (Wildman–Crippen LogP) is 1.63. The second kappa shape index (κ2) is 5.91. The van der Waals surface area contributed by atoms with E-state index < -0.39 is 27.4 Å². The molecule has 7 nitrogen and oxygen atoms in total. The highest BCUT2D eigenvalue weighted by Crippen LogP contribution is 2.19. The average molecular weight is 372 g/mol. The number of thiazole rings is 1. The summed E-state index contributed by atoms with van der Waals surface area (Å²) >= 11 is 0.741. The number of hydrogen-bond acceptors (Lipinski definition) is 6. The predicted molar refractivity (Wildman–Crippen MR) is 82.4 cm³/mol. The molecule has 0 radical (unpaired) electrons. The Hall–Kier alpha value is -2.40. The SMILES string of the molecule is CS(=O)(=O)c1ncc(C(=O)NCc2nc3c(F)c(F)ccc3[nH]2)s1. The number of benzene rings is 1. The summed E-state index contributed by atoms with van der Waals surface area (Å²) in [6.07, 6.45) is 2.15. The summed E-state index contributed by atoms with van der Waals surface area (Å²) in [5.74, 6) is -2.39. The van der Waals surface area contributed by atoms with E-state index in [2.05, 4.69) is 20.3 Å². The minimum absolute atomic E-state index is 0.0688. The van der Waals surface area contributed by atoms with Gasteiger partial charge in [0.25, 0.3) is 5.91 Å². The molecule has 2 aromatic heterocycles. The molecule has 0 aliphatic rings. The Balaban J connectivity index is 1.75. The number of imidazole rings is 1. The lowest BCUT2D eigenvalue weighted by atomic mass is 10.3. The number of carbonyl (C=O) groups excluding carboxylic acids is 1. The maximum Gasteiger partial charge on any atom is 0.263 e. The first kappa shape index (κ1) is 16.5. The van der Waals surface area contributed by atoms with Gasteiger partial charge >= 0.3 is 0 Å². The zero-order valence-corrected chi connectivity index (χ0v) is 13.8. The monoisotopic (exact) mass is 372 g/mol. The largest absolute Gasteiger partial charge is 0.344 e. The van der Waals surface area contributed by atoms with Crippen molar-refractivity contribution in [2.75, 3.05) is 6.26 Å². The Kier molecular flexibility index (Phi) is 4.05. The van der Waals surface area contributed by atoms with Crippen LogP contribution in [0.2, 0.25) is 0 Å². The van der Waals surface area contributed by atoms with Crippen LogP contribution in [0, 0.1) is 11.6 Å². The van der Waals surface area contributed by atoms with E-state index in [4.69, 9.17) is 0 Å². The molecule has 0 aliphatic carbocycles. The number of aromatic nitrogens is 3. The van der Waals surface area contributed by atoms with Crippen LogP contribution in [0.5, 0.6) is 0 Å². The van der Waals surface area contributed by atoms with Gasteiger partial charge in [-0.25, -0.2) is 27.2 Å². The minimum atomic E-state index is -3.48. The molecule has 0 aliphatic heterocycles. The van der Waals surface area contributed by atoms with Gasteiger partial charge in [-0.05, 0) is 12.1 Å². The summed E-state index contributed by atoms with van der Waals surface area (Å²) < 4.78 is 49.2. The van der Waals surface area contributed by atoms with E-state index in [1.54, 1.807) is 0 Å². The summed E-state index contributed by atoms with van der Waals surface area (Å²) in [7, 11) is -3.48. The number of sulfone groups is 1. The zero-order chi connectivity index (χ0) is 17.5. The highest BCUT2D eigenvalue weighted by molar-refractivity contribution is 7.92.